The van der Waals surface area contributed by atoms with Crippen molar-refractivity contribution in [3.05, 3.63) is 42.3 Å². The molecular weight excluding hydrogens is 457 g/mol. The Morgan fingerprint density at radius 1 is 0.939 bits per heavy atom. The summed E-state index contributed by atoms with van der Waals surface area (Å²) >= 11 is -2.59. The predicted octanol–water partition coefficient (Wildman–Crippen LogP) is 3.34. The zero-order valence-corrected chi connectivity index (χ0v) is 18.9. The van der Waals surface area contributed by atoms with Crippen LogP contribution in [0.15, 0.2) is 36.5 Å². The SMILES string of the molecule is COc1ccc(NS(=O)[O-])c(Nc2nc(Nc3cc(OC)c(OC)c(OC)c3)ncc2F)c1. The summed E-state index contributed by atoms with van der Waals surface area (Å²) in [5.41, 5.74) is 0.878. The van der Waals surface area contributed by atoms with E-state index in [1.54, 1.807) is 18.2 Å². The first-order chi connectivity index (χ1) is 15.9. The average molecular weight is 478 g/mol. The van der Waals surface area contributed by atoms with Crippen LogP contribution >= 0.6 is 0 Å². The minimum atomic E-state index is -2.59. The lowest BCUT2D eigenvalue weighted by atomic mass is 10.2. The number of nitrogens with one attached hydrogen (secondary N) is 3. The van der Waals surface area contributed by atoms with E-state index in [-0.39, 0.29) is 23.1 Å². The van der Waals surface area contributed by atoms with Crippen LogP contribution < -0.4 is 34.3 Å². The summed E-state index contributed by atoms with van der Waals surface area (Å²) in [6.07, 6.45) is 0.967. The lowest BCUT2D eigenvalue weighted by Crippen LogP contribution is -2.08. The molecule has 0 bridgehead atoms. The van der Waals surface area contributed by atoms with Crippen molar-refractivity contribution < 1.29 is 32.1 Å². The third-order valence-electron chi connectivity index (χ3n) is 4.34. The highest BCUT2D eigenvalue weighted by atomic mass is 32.2. The number of rotatable bonds is 10. The molecule has 0 radical (unpaired) electrons. The first-order valence-corrected chi connectivity index (χ1v) is 10.4. The molecular formula is C20H21FN5O6S-. The number of halogens is 1. The maximum Gasteiger partial charge on any atom is 0.229 e. The topological polar surface area (TPSA) is 139 Å². The van der Waals surface area contributed by atoms with E-state index < -0.39 is 17.1 Å². The molecule has 0 fully saturated rings. The molecule has 0 spiro atoms. The van der Waals surface area contributed by atoms with Gasteiger partial charge in [-0.25, -0.2) is 9.37 Å². The maximum atomic E-state index is 14.5. The Morgan fingerprint density at radius 2 is 1.64 bits per heavy atom. The van der Waals surface area contributed by atoms with Crippen molar-refractivity contribution in [1.29, 1.82) is 0 Å². The Morgan fingerprint density at radius 3 is 2.21 bits per heavy atom. The van der Waals surface area contributed by atoms with Crippen molar-refractivity contribution in [2.75, 3.05) is 43.8 Å². The van der Waals surface area contributed by atoms with Gasteiger partial charge in [-0.2, -0.15) is 4.98 Å². The van der Waals surface area contributed by atoms with Gasteiger partial charge >= 0.3 is 0 Å². The fourth-order valence-electron chi connectivity index (χ4n) is 2.86. The summed E-state index contributed by atoms with van der Waals surface area (Å²) in [6.45, 7) is 0. The molecule has 1 atom stereocenters. The highest BCUT2D eigenvalue weighted by Gasteiger charge is 2.15. The Hall–Kier alpha value is -3.84. The molecule has 1 unspecified atom stereocenters. The van der Waals surface area contributed by atoms with Crippen LogP contribution in [0.1, 0.15) is 0 Å². The van der Waals surface area contributed by atoms with Crippen LogP contribution in [0.5, 0.6) is 23.0 Å². The van der Waals surface area contributed by atoms with E-state index in [0.29, 0.717) is 28.7 Å². The molecule has 0 saturated carbocycles. The number of ether oxygens (including phenoxy) is 4. The normalized spacial score (nSPS) is 11.3. The Kier molecular flexibility index (Phi) is 7.69. The first-order valence-electron chi connectivity index (χ1n) is 9.29. The van der Waals surface area contributed by atoms with E-state index in [4.69, 9.17) is 18.9 Å². The largest absolute Gasteiger partial charge is 0.755 e. The zero-order chi connectivity index (χ0) is 24.0. The van der Waals surface area contributed by atoms with E-state index in [9.17, 15) is 13.2 Å². The van der Waals surface area contributed by atoms with Gasteiger partial charge in [0.1, 0.15) is 5.75 Å². The molecule has 0 aliphatic rings. The second-order valence-electron chi connectivity index (χ2n) is 6.30. The van der Waals surface area contributed by atoms with E-state index >= 15 is 0 Å². The Balaban J connectivity index is 1.94. The first kappa shape index (κ1) is 23.8. The third-order valence-corrected chi connectivity index (χ3v) is 4.72. The summed E-state index contributed by atoms with van der Waals surface area (Å²) < 4.78 is 60.0. The van der Waals surface area contributed by atoms with E-state index in [1.165, 1.54) is 40.6 Å². The van der Waals surface area contributed by atoms with Gasteiger partial charge in [-0.05, 0) is 12.1 Å². The molecule has 0 amide bonds. The molecule has 1 aromatic heterocycles. The van der Waals surface area contributed by atoms with Crippen LogP contribution in [0.25, 0.3) is 0 Å². The third kappa shape index (κ3) is 5.70. The summed E-state index contributed by atoms with van der Waals surface area (Å²) in [7, 11) is 5.89. The molecule has 3 aromatic rings. The number of methoxy groups -OCH3 is 4. The second kappa shape index (κ2) is 10.7. The van der Waals surface area contributed by atoms with Gasteiger partial charge in [-0.3, -0.25) is 4.21 Å². The van der Waals surface area contributed by atoms with Gasteiger partial charge in [-0.15, -0.1) is 0 Å². The number of anilines is 5. The molecule has 0 aliphatic carbocycles. The highest BCUT2D eigenvalue weighted by molar-refractivity contribution is 7.80. The minimum Gasteiger partial charge on any atom is -0.755 e. The van der Waals surface area contributed by atoms with Crippen molar-refractivity contribution in [1.82, 2.24) is 9.97 Å². The molecule has 1 heterocycles. The van der Waals surface area contributed by atoms with Gasteiger partial charge in [0, 0.05) is 35.2 Å². The fourth-order valence-corrected chi connectivity index (χ4v) is 3.22. The second-order valence-corrected chi connectivity index (χ2v) is 6.98. The maximum absolute atomic E-state index is 14.5. The Bertz CT molecular complexity index is 1140. The molecule has 13 heteroatoms. The fraction of sp³-hybridized carbons (Fsp3) is 0.200. The average Bonchev–Trinajstić information content (AvgIpc) is 2.81. The molecule has 0 aliphatic heterocycles. The summed E-state index contributed by atoms with van der Waals surface area (Å²) in [5.74, 6) is 0.718. The van der Waals surface area contributed by atoms with Gasteiger partial charge in [0.15, 0.2) is 23.1 Å². The molecule has 0 saturated heterocycles. The van der Waals surface area contributed by atoms with Crippen LogP contribution in [0.4, 0.5) is 33.2 Å². The van der Waals surface area contributed by atoms with Crippen molar-refractivity contribution in [3.63, 3.8) is 0 Å². The highest BCUT2D eigenvalue weighted by Crippen LogP contribution is 2.40. The lowest BCUT2D eigenvalue weighted by molar-refractivity contribution is 0.324. The van der Waals surface area contributed by atoms with Crippen LogP contribution in [0, 0.1) is 5.82 Å². The molecule has 33 heavy (non-hydrogen) atoms. The number of nitrogens with zero attached hydrogens (tertiary/aromatic N) is 2. The van der Waals surface area contributed by atoms with Crippen molar-refractivity contribution in [2.24, 2.45) is 0 Å². The summed E-state index contributed by atoms with van der Waals surface area (Å²) in [5, 5.41) is 5.70. The number of aromatic nitrogens is 2. The van der Waals surface area contributed by atoms with Gasteiger partial charge in [0.05, 0.1) is 46.0 Å². The predicted molar refractivity (Wildman–Crippen MR) is 120 cm³/mol. The van der Waals surface area contributed by atoms with Gasteiger partial charge in [-0.1, -0.05) is 0 Å². The van der Waals surface area contributed by atoms with Crippen LogP contribution in [-0.4, -0.2) is 47.2 Å². The van der Waals surface area contributed by atoms with Gasteiger partial charge < -0.3 is 38.9 Å². The molecule has 176 valence electrons. The van der Waals surface area contributed by atoms with Gasteiger partial charge in [0.25, 0.3) is 0 Å². The molecule has 3 rings (SSSR count). The van der Waals surface area contributed by atoms with E-state index in [1.807, 2.05) is 0 Å². The van der Waals surface area contributed by atoms with Crippen molar-refractivity contribution in [3.8, 4) is 23.0 Å². The smallest absolute Gasteiger partial charge is 0.229 e. The number of hydrogen-bond acceptors (Lipinski definition) is 10. The quantitative estimate of drug-likeness (QED) is 0.372. The molecule has 2 aromatic carbocycles. The molecule has 3 N–H and O–H groups in total. The summed E-state index contributed by atoms with van der Waals surface area (Å²) in [6, 6.07) is 7.77. The zero-order valence-electron chi connectivity index (χ0n) is 18.1. The van der Waals surface area contributed by atoms with Crippen molar-refractivity contribution >= 4 is 40.1 Å². The summed E-state index contributed by atoms with van der Waals surface area (Å²) in [4.78, 5) is 8.09. The number of hydrogen-bond donors (Lipinski definition) is 3. The number of benzene rings is 2. The van der Waals surface area contributed by atoms with Crippen molar-refractivity contribution in [2.45, 2.75) is 0 Å². The van der Waals surface area contributed by atoms with E-state index in [2.05, 4.69) is 25.3 Å². The monoisotopic (exact) mass is 478 g/mol. The van der Waals surface area contributed by atoms with Crippen LogP contribution in [-0.2, 0) is 11.3 Å². The van der Waals surface area contributed by atoms with E-state index in [0.717, 1.165) is 6.20 Å². The van der Waals surface area contributed by atoms with Crippen LogP contribution in [0.3, 0.4) is 0 Å². The van der Waals surface area contributed by atoms with Gasteiger partial charge in [0.2, 0.25) is 11.7 Å². The lowest BCUT2D eigenvalue weighted by Gasteiger charge is -2.17. The van der Waals surface area contributed by atoms with Crippen LogP contribution in [0.2, 0.25) is 0 Å². The minimum absolute atomic E-state index is 0.0537. The standard InChI is InChI=1S/C20H22FN5O6S/c1-29-12-5-6-14(26-33(27)28)15(9-12)24-19-13(21)10-22-20(25-19)23-11-7-16(30-2)18(32-4)17(8-11)31-3/h5-10,26H,1-4H3,(H,27,28)(H2,22,23,24,25)/p-1. The Labute approximate surface area is 191 Å². The molecule has 11 nitrogen and oxygen atoms in total.